The summed E-state index contributed by atoms with van der Waals surface area (Å²) in [5.74, 6) is -0.143. The zero-order chi connectivity index (χ0) is 15.2. The molecule has 1 amide bonds. The zero-order valence-electron chi connectivity index (χ0n) is 12.6. The van der Waals surface area contributed by atoms with Gasteiger partial charge in [-0.05, 0) is 44.5 Å². The standard InChI is InChI=1S/C16H21N3OS/c1-4-9-17-13-6-7-14(18-10-13)16(20)19-12(3)15-8-5-11(2)21-15/h5-8,10,12,17H,4,9H2,1-3H3,(H,19,20). The molecule has 0 aliphatic rings. The van der Waals surface area contributed by atoms with Crippen LogP contribution in [-0.4, -0.2) is 17.4 Å². The van der Waals surface area contributed by atoms with Crippen LogP contribution in [0.1, 0.15) is 46.6 Å². The number of carbonyl (C=O) groups excluding carboxylic acids is 1. The molecule has 2 rings (SSSR count). The van der Waals surface area contributed by atoms with Gasteiger partial charge in [-0.15, -0.1) is 11.3 Å². The van der Waals surface area contributed by atoms with Crippen molar-refractivity contribution in [3.8, 4) is 0 Å². The Hall–Kier alpha value is -1.88. The van der Waals surface area contributed by atoms with Crippen molar-refractivity contribution in [3.63, 3.8) is 0 Å². The number of nitrogens with zero attached hydrogens (tertiary/aromatic N) is 1. The second kappa shape index (κ2) is 7.22. The van der Waals surface area contributed by atoms with Crippen LogP contribution in [0, 0.1) is 6.92 Å². The molecular formula is C16H21N3OS. The molecule has 2 aromatic rings. The number of aryl methyl sites for hydroxylation is 1. The molecule has 4 nitrogen and oxygen atoms in total. The molecular weight excluding hydrogens is 282 g/mol. The number of nitrogens with one attached hydrogen (secondary N) is 2. The van der Waals surface area contributed by atoms with Crippen LogP contribution >= 0.6 is 11.3 Å². The zero-order valence-corrected chi connectivity index (χ0v) is 13.5. The van der Waals surface area contributed by atoms with Gasteiger partial charge in [0.2, 0.25) is 0 Å². The van der Waals surface area contributed by atoms with Crippen molar-refractivity contribution in [1.82, 2.24) is 10.3 Å². The van der Waals surface area contributed by atoms with E-state index in [1.807, 2.05) is 13.0 Å². The third kappa shape index (κ3) is 4.29. The van der Waals surface area contributed by atoms with Crippen LogP contribution in [0.2, 0.25) is 0 Å². The molecule has 0 bridgehead atoms. The van der Waals surface area contributed by atoms with E-state index in [0.29, 0.717) is 5.69 Å². The van der Waals surface area contributed by atoms with Crippen molar-refractivity contribution in [3.05, 3.63) is 45.9 Å². The van der Waals surface area contributed by atoms with Crippen molar-refractivity contribution in [2.24, 2.45) is 0 Å². The first kappa shape index (κ1) is 15.5. The molecule has 0 saturated heterocycles. The summed E-state index contributed by atoms with van der Waals surface area (Å²) in [6, 6.07) is 7.75. The highest BCUT2D eigenvalue weighted by Gasteiger charge is 2.13. The largest absolute Gasteiger partial charge is 0.384 e. The molecule has 5 heteroatoms. The first-order chi connectivity index (χ1) is 10.1. The molecule has 0 aliphatic heterocycles. The van der Waals surface area contributed by atoms with Crippen molar-refractivity contribution in [2.75, 3.05) is 11.9 Å². The molecule has 2 aromatic heterocycles. The number of hydrogen-bond acceptors (Lipinski definition) is 4. The van der Waals surface area contributed by atoms with Gasteiger partial charge < -0.3 is 10.6 Å². The Labute approximate surface area is 129 Å². The van der Waals surface area contributed by atoms with Gasteiger partial charge in [0.25, 0.3) is 5.91 Å². The maximum atomic E-state index is 12.2. The summed E-state index contributed by atoms with van der Waals surface area (Å²) in [5.41, 5.74) is 1.38. The lowest BCUT2D eigenvalue weighted by Crippen LogP contribution is -2.26. The fourth-order valence-corrected chi connectivity index (χ4v) is 2.81. The second-order valence-corrected chi connectivity index (χ2v) is 6.32. The summed E-state index contributed by atoms with van der Waals surface area (Å²) in [5, 5.41) is 6.21. The quantitative estimate of drug-likeness (QED) is 0.854. The van der Waals surface area contributed by atoms with Gasteiger partial charge in [-0.3, -0.25) is 4.79 Å². The molecule has 1 atom stereocenters. The highest BCUT2D eigenvalue weighted by molar-refractivity contribution is 7.12. The van der Waals surface area contributed by atoms with Crippen LogP contribution < -0.4 is 10.6 Å². The van der Waals surface area contributed by atoms with Gasteiger partial charge in [0.1, 0.15) is 5.69 Å². The third-order valence-corrected chi connectivity index (χ3v) is 4.29. The van der Waals surface area contributed by atoms with Crippen molar-refractivity contribution >= 4 is 22.9 Å². The van der Waals surface area contributed by atoms with Crippen LogP contribution in [-0.2, 0) is 0 Å². The number of amides is 1. The SMILES string of the molecule is CCCNc1ccc(C(=O)NC(C)c2ccc(C)s2)nc1. The van der Waals surface area contributed by atoms with Crippen molar-refractivity contribution in [1.29, 1.82) is 0 Å². The Bertz CT molecular complexity index is 592. The maximum absolute atomic E-state index is 12.2. The Morgan fingerprint density at radius 3 is 2.71 bits per heavy atom. The van der Waals surface area contributed by atoms with E-state index in [2.05, 4.69) is 41.6 Å². The fourth-order valence-electron chi connectivity index (χ4n) is 1.93. The van der Waals surface area contributed by atoms with Gasteiger partial charge in [-0.1, -0.05) is 6.92 Å². The van der Waals surface area contributed by atoms with Crippen molar-refractivity contribution in [2.45, 2.75) is 33.2 Å². The summed E-state index contributed by atoms with van der Waals surface area (Å²) < 4.78 is 0. The lowest BCUT2D eigenvalue weighted by molar-refractivity contribution is 0.0935. The highest BCUT2D eigenvalue weighted by Crippen LogP contribution is 2.22. The van der Waals surface area contributed by atoms with E-state index in [4.69, 9.17) is 0 Å². The summed E-state index contributed by atoms with van der Waals surface area (Å²) >= 11 is 1.70. The molecule has 0 saturated carbocycles. The topological polar surface area (TPSA) is 54.0 Å². The number of pyridine rings is 1. The first-order valence-electron chi connectivity index (χ1n) is 7.17. The summed E-state index contributed by atoms with van der Waals surface area (Å²) in [6.07, 6.45) is 2.75. The van der Waals surface area contributed by atoms with E-state index >= 15 is 0 Å². The van der Waals surface area contributed by atoms with E-state index in [1.165, 1.54) is 4.88 Å². The average Bonchev–Trinajstić information content (AvgIpc) is 2.92. The molecule has 0 aromatic carbocycles. The molecule has 2 heterocycles. The fraction of sp³-hybridized carbons (Fsp3) is 0.375. The summed E-state index contributed by atoms with van der Waals surface area (Å²) in [6.45, 7) is 7.06. The molecule has 0 aliphatic carbocycles. The lowest BCUT2D eigenvalue weighted by Gasteiger charge is -2.12. The number of hydrogen-bond donors (Lipinski definition) is 2. The Kier molecular flexibility index (Phi) is 5.33. The number of aromatic nitrogens is 1. The van der Waals surface area contributed by atoms with Crippen LogP contribution in [0.15, 0.2) is 30.5 Å². The minimum Gasteiger partial charge on any atom is -0.384 e. The number of carbonyl (C=O) groups is 1. The smallest absolute Gasteiger partial charge is 0.270 e. The molecule has 0 spiro atoms. The monoisotopic (exact) mass is 303 g/mol. The summed E-state index contributed by atoms with van der Waals surface area (Å²) in [4.78, 5) is 18.8. The lowest BCUT2D eigenvalue weighted by atomic mass is 10.2. The summed E-state index contributed by atoms with van der Waals surface area (Å²) in [7, 11) is 0. The molecule has 2 N–H and O–H groups in total. The Balaban J connectivity index is 1.96. The number of anilines is 1. The van der Waals surface area contributed by atoms with Gasteiger partial charge in [0.05, 0.1) is 17.9 Å². The van der Waals surface area contributed by atoms with Gasteiger partial charge in [-0.25, -0.2) is 4.98 Å². The molecule has 1 unspecified atom stereocenters. The Morgan fingerprint density at radius 2 is 2.14 bits per heavy atom. The van der Waals surface area contributed by atoms with Gasteiger partial charge in [-0.2, -0.15) is 0 Å². The van der Waals surface area contributed by atoms with Gasteiger partial charge >= 0.3 is 0 Å². The van der Waals surface area contributed by atoms with E-state index in [9.17, 15) is 4.79 Å². The maximum Gasteiger partial charge on any atom is 0.270 e. The van der Waals surface area contributed by atoms with Crippen molar-refractivity contribution < 1.29 is 4.79 Å². The van der Waals surface area contributed by atoms with E-state index in [0.717, 1.165) is 23.5 Å². The molecule has 0 radical (unpaired) electrons. The average molecular weight is 303 g/mol. The van der Waals surface area contributed by atoms with Crippen LogP contribution in [0.3, 0.4) is 0 Å². The second-order valence-electron chi connectivity index (χ2n) is 5.00. The molecule has 112 valence electrons. The third-order valence-electron chi connectivity index (χ3n) is 3.11. The van der Waals surface area contributed by atoms with E-state index in [1.54, 1.807) is 23.6 Å². The van der Waals surface area contributed by atoms with E-state index in [-0.39, 0.29) is 11.9 Å². The van der Waals surface area contributed by atoms with Gasteiger partial charge in [0, 0.05) is 16.3 Å². The van der Waals surface area contributed by atoms with Gasteiger partial charge in [0.15, 0.2) is 0 Å². The minimum absolute atomic E-state index is 0.00380. The van der Waals surface area contributed by atoms with Crippen LogP contribution in [0.4, 0.5) is 5.69 Å². The number of thiophene rings is 1. The first-order valence-corrected chi connectivity index (χ1v) is 7.99. The van der Waals surface area contributed by atoms with Crippen LogP contribution in [0.25, 0.3) is 0 Å². The van der Waals surface area contributed by atoms with Crippen LogP contribution in [0.5, 0.6) is 0 Å². The molecule has 21 heavy (non-hydrogen) atoms. The highest BCUT2D eigenvalue weighted by atomic mass is 32.1. The minimum atomic E-state index is -0.143. The predicted molar refractivity (Wildman–Crippen MR) is 88.0 cm³/mol. The Morgan fingerprint density at radius 1 is 1.33 bits per heavy atom. The predicted octanol–water partition coefficient (Wildman–Crippen LogP) is 3.76. The normalized spacial score (nSPS) is 12.0. The molecule has 0 fully saturated rings. The number of rotatable bonds is 6. The van der Waals surface area contributed by atoms with E-state index < -0.39 is 0 Å².